The van der Waals surface area contributed by atoms with Crippen LogP contribution in [0.5, 0.6) is 0 Å². The third kappa shape index (κ3) is 1.17. The van der Waals surface area contributed by atoms with Crippen molar-refractivity contribution in [3.63, 3.8) is 0 Å². The van der Waals surface area contributed by atoms with Crippen LogP contribution in [0.4, 0.5) is 0 Å². The zero-order chi connectivity index (χ0) is 9.64. The molecule has 0 amide bonds. The lowest BCUT2D eigenvalue weighted by Crippen LogP contribution is -2.54. The summed E-state index contributed by atoms with van der Waals surface area (Å²) in [5.74, 6) is 2.14. The Balaban J connectivity index is 2.11. The molecule has 74 valence electrons. The second-order valence-electron chi connectivity index (χ2n) is 5.33. The van der Waals surface area contributed by atoms with Gasteiger partial charge in [0.05, 0.1) is 6.10 Å². The highest BCUT2D eigenvalue weighted by Gasteiger charge is 2.55. The van der Waals surface area contributed by atoms with E-state index in [-0.39, 0.29) is 6.10 Å². The molecule has 0 heterocycles. The molecule has 0 aliphatic heterocycles. The van der Waals surface area contributed by atoms with Crippen molar-refractivity contribution in [3.05, 3.63) is 12.7 Å². The van der Waals surface area contributed by atoms with E-state index in [1.54, 1.807) is 6.08 Å². The lowest BCUT2D eigenvalue weighted by molar-refractivity contribution is -0.128. The van der Waals surface area contributed by atoms with Gasteiger partial charge in [0.25, 0.3) is 0 Å². The monoisotopic (exact) mass is 180 g/mol. The number of aliphatic hydroxyl groups is 1. The molecule has 0 aromatic carbocycles. The summed E-state index contributed by atoms with van der Waals surface area (Å²) in [6, 6.07) is 0. The summed E-state index contributed by atoms with van der Waals surface area (Å²) in [6.45, 7) is 8.40. The molecular formula is C12H20O. The Labute approximate surface area is 80.8 Å². The quantitative estimate of drug-likeness (QED) is 0.648. The Kier molecular flexibility index (Phi) is 2.03. The maximum absolute atomic E-state index is 9.79. The molecule has 0 saturated heterocycles. The third-order valence-corrected chi connectivity index (χ3v) is 4.59. The molecule has 2 unspecified atom stereocenters. The number of hydrogen-bond acceptors (Lipinski definition) is 1. The van der Waals surface area contributed by atoms with Crippen LogP contribution in [0.2, 0.25) is 0 Å². The standard InChI is InChI=1S/C12H20O/c1-4-11(13)9-6-5-8-7-10(9)12(8,2)3/h4,8-11,13H,1,5-7H2,2-3H3/t8-,9?,10-,11?/m0/s1. The van der Waals surface area contributed by atoms with Gasteiger partial charge in [-0.25, -0.2) is 0 Å². The highest BCUT2D eigenvalue weighted by Crippen LogP contribution is 2.61. The predicted molar refractivity (Wildman–Crippen MR) is 54.3 cm³/mol. The average molecular weight is 180 g/mol. The molecular weight excluding hydrogens is 160 g/mol. The largest absolute Gasteiger partial charge is 0.389 e. The first kappa shape index (κ1) is 9.26. The fourth-order valence-corrected chi connectivity index (χ4v) is 3.45. The molecule has 3 rings (SSSR count). The third-order valence-electron chi connectivity index (χ3n) is 4.59. The lowest BCUT2D eigenvalue weighted by Gasteiger charge is -2.60. The van der Waals surface area contributed by atoms with E-state index in [1.165, 1.54) is 19.3 Å². The fourth-order valence-electron chi connectivity index (χ4n) is 3.45. The second kappa shape index (κ2) is 2.84. The van der Waals surface area contributed by atoms with Crippen molar-refractivity contribution in [2.45, 2.75) is 39.2 Å². The van der Waals surface area contributed by atoms with Gasteiger partial charge in [-0.15, -0.1) is 6.58 Å². The van der Waals surface area contributed by atoms with Gasteiger partial charge >= 0.3 is 0 Å². The Hall–Kier alpha value is -0.300. The molecule has 4 atom stereocenters. The molecule has 3 aliphatic rings. The summed E-state index contributed by atoms with van der Waals surface area (Å²) in [6.07, 6.45) is 5.28. The summed E-state index contributed by atoms with van der Waals surface area (Å²) >= 11 is 0. The van der Waals surface area contributed by atoms with Gasteiger partial charge in [0.15, 0.2) is 0 Å². The molecule has 0 radical (unpaired) electrons. The minimum Gasteiger partial charge on any atom is -0.389 e. The predicted octanol–water partition coefficient (Wildman–Crippen LogP) is 2.61. The first-order valence-electron chi connectivity index (χ1n) is 5.38. The molecule has 0 aromatic rings. The van der Waals surface area contributed by atoms with E-state index in [1.807, 2.05) is 0 Å². The Bertz CT molecular complexity index is 217. The molecule has 3 saturated carbocycles. The molecule has 1 nitrogen and oxygen atoms in total. The summed E-state index contributed by atoms with van der Waals surface area (Å²) in [5.41, 5.74) is 0.479. The molecule has 0 aromatic heterocycles. The zero-order valence-corrected chi connectivity index (χ0v) is 8.66. The first-order chi connectivity index (χ1) is 6.07. The van der Waals surface area contributed by atoms with Gasteiger partial charge in [-0.05, 0) is 42.4 Å². The zero-order valence-electron chi connectivity index (χ0n) is 8.66. The maximum Gasteiger partial charge on any atom is 0.0749 e. The molecule has 13 heavy (non-hydrogen) atoms. The molecule has 3 fully saturated rings. The van der Waals surface area contributed by atoms with Crippen LogP contribution >= 0.6 is 0 Å². The van der Waals surface area contributed by atoms with Gasteiger partial charge in [-0.2, -0.15) is 0 Å². The van der Waals surface area contributed by atoms with Crippen LogP contribution in [-0.2, 0) is 0 Å². The van der Waals surface area contributed by atoms with E-state index in [9.17, 15) is 5.11 Å². The first-order valence-corrected chi connectivity index (χ1v) is 5.38. The summed E-state index contributed by atoms with van der Waals surface area (Å²) < 4.78 is 0. The van der Waals surface area contributed by atoms with Gasteiger partial charge in [0, 0.05) is 0 Å². The number of fused-ring (bicyclic) bond motifs is 2. The van der Waals surface area contributed by atoms with Crippen molar-refractivity contribution >= 4 is 0 Å². The SMILES string of the molecule is C=CC(O)C1CC[C@H]2C[C@@H]1C2(C)C. The van der Waals surface area contributed by atoms with Crippen molar-refractivity contribution in [1.29, 1.82) is 0 Å². The minimum atomic E-state index is -0.273. The van der Waals surface area contributed by atoms with E-state index < -0.39 is 0 Å². The van der Waals surface area contributed by atoms with Gasteiger partial charge in [-0.3, -0.25) is 0 Å². The maximum atomic E-state index is 9.79. The lowest BCUT2D eigenvalue weighted by atomic mass is 9.45. The second-order valence-corrected chi connectivity index (χ2v) is 5.33. The Morgan fingerprint density at radius 2 is 2.15 bits per heavy atom. The van der Waals surface area contributed by atoms with Crippen LogP contribution in [0.3, 0.4) is 0 Å². The van der Waals surface area contributed by atoms with E-state index in [4.69, 9.17) is 0 Å². The molecule has 3 aliphatic carbocycles. The van der Waals surface area contributed by atoms with Crippen molar-refractivity contribution in [2.24, 2.45) is 23.2 Å². The normalized spacial score (nSPS) is 43.5. The number of aliphatic hydroxyl groups excluding tert-OH is 1. The highest BCUT2D eigenvalue weighted by atomic mass is 16.3. The highest BCUT2D eigenvalue weighted by molar-refractivity contribution is 5.06. The van der Waals surface area contributed by atoms with Crippen LogP contribution in [0, 0.1) is 23.2 Å². The molecule has 0 spiro atoms. The Morgan fingerprint density at radius 1 is 1.46 bits per heavy atom. The van der Waals surface area contributed by atoms with E-state index in [0.29, 0.717) is 11.3 Å². The number of hydrogen-bond donors (Lipinski definition) is 1. The van der Waals surface area contributed by atoms with Crippen molar-refractivity contribution < 1.29 is 5.11 Å². The van der Waals surface area contributed by atoms with Crippen molar-refractivity contribution in [1.82, 2.24) is 0 Å². The molecule has 1 heteroatoms. The van der Waals surface area contributed by atoms with Crippen molar-refractivity contribution in [2.75, 3.05) is 0 Å². The minimum absolute atomic E-state index is 0.273. The van der Waals surface area contributed by atoms with Crippen LogP contribution in [0.1, 0.15) is 33.1 Å². The topological polar surface area (TPSA) is 20.2 Å². The van der Waals surface area contributed by atoms with E-state index in [2.05, 4.69) is 20.4 Å². The van der Waals surface area contributed by atoms with Crippen molar-refractivity contribution in [3.8, 4) is 0 Å². The van der Waals surface area contributed by atoms with Gasteiger partial charge < -0.3 is 5.11 Å². The van der Waals surface area contributed by atoms with Gasteiger partial charge in [0.2, 0.25) is 0 Å². The van der Waals surface area contributed by atoms with Crippen LogP contribution < -0.4 is 0 Å². The van der Waals surface area contributed by atoms with E-state index >= 15 is 0 Å². The fraction of sp³-hybridized carbons (Fsp3) is 0.833. The smallest absolute Gasteiger partial charge is 0.0749 e. The molecule has 2 bridgehead atoms. The van der Waals surface area contributed by atoms with E-state index in [0.717, 1.165) is 11.8 Å². The van der Waals surface area contributed by atoms with Gasteiger partial charge in [-0.1, -0.05) is 19.9 Å². The van der Waals surface area contributed by atoms with Crippen LogP contribution in [-0.4, -0.2) is 11.2 Å². The average Bonchev–Trinajstić information content (AvgIpc) is 2.16. The van der Waals surface area contributed by atoms with Crippen LogP contribution in [0.15, 0.2) is 12.7 Å². The summed E-state index contributed by atoms with van der Waals surface area (Å²) in [4.78, 5) is 0. The Morgan fingerprint density at radius 3 is 2.62 bits per heavy atom. The number of rotatable bonds is 2. The summed E-state index contributed by atoms with van der Waals surface area (Å²) in [7, 11) is 0. The molecule has 1 N–H and O–H groups in total. The van der Waals surface area contributed by atoms with Gasteiger partial charge in [0.1, 0.15) is 0 Å². The van der Waals surface area contributed by atoms with Crippen LogP contribution in [0.25, 0.3) is 0 Å². The summed E-state index contributed by atoms with van der Waals surface area (Å²) in [5, 5.41) is 9.79.